The minimum absolute atomic E-state index is 0.581. The van der Waals surface area contributed by atoms with E-state index in [0.717, 1.165) is 18.8 Å². The molecular formula is C16H28N4. The van der Waals surface area contributed by atoms with Gasteiger partial charge in [-0.1, -0.05) is 13.3 Å². The molecule has 3 rings (SSSR count). The Hall–Kier alpha value is -0.900. The monoisotopic (exact) mass is 276 g/mol. The van der Waals surface area contributed by atoms with Gasteiger partial charge in [0.15, 0.2) is 5.82 Å². The molecule has 0 N–H and O–H groups in total. The molecular weight excluding hydrogens is 248 g/mol. The highest BCUT2D eigenvalue weighted by Gasteiger charge is 2.27. The van der Waals surface area contributed by atoms with Crippen molar-refractivity contribution >= 4 is 0 Å². The molecule has 4 heteroatoms. The van der Waals surface area contributed by atoms with Gasteiger partial charge in [0, 0.05) is 31.0 Å². The molecule has 4 nitrogen and oxygen atoms in total. The van der Waals surface area contributed by atoms with Crippen LogP contribution in [0, 0.1) is 0 Å². The molecule has 1 fully saturated rings. The van der Waals surface area contributed by atoms with E-state index in [1.807, 2.05) is 0 Å². The van der Waals surface area contributed by atoms with Crippen molar-refractivity contribution in [2.75, 3.05) is 6.54 Å². The average Bonchev–Trinajstić information content (AvgIpc) is 2.83. The van der Waals surface area contributed by atoms with Gasteiger partial charge in [-0.3, -0.25) is 4.90 Å². The third kappa shape index (κ3) is 2.76. The van der Waals surface area contributed by atoms with Crippen LogP contribution < -0.4 is 0 Å². The van der Waals surface area contributed by atoms with Crippen molar-refractivity contribution < 1.29 is 0 Å². The molecule has 0 aromatic carbocycles. The van der Waals surface area contributed by atoms with Gasteiger partial charge in [-0.2, -0.15) is 5.10 Å². The molecule has 2 unspecified atom stereocenters. The summed E-state index contributed by atoms with van der Waals surface area (Å²) in [4.78, 5) is 7.49. The second-order valence-corrected chi connectivity index (χ2v) is 6.84. The number of likely N-dealkylation sites (tertiary alicyclic amines) is 1. The molecule has 0 amide bonds. The molecule has 0 saturated carbocycles. The quantitative estimate of drug-likeness (QED) is 0.851. The van der Waals surface area contributed by atoms with Gasteiger partial charge in [0.2, 0.25) is 0 Å². The van der Waals surface area contributed by atoms with Crippen molar-refractivity contribution in [1.82, 2.24) is 19.7 Å². The van der Waals surface area contributed by atoms with Crippen LogP contribution in [0.1, 0.15) is 70.4 Å². The van der Waals surface area contributed by atoms with E-state index in [1.165, 1.54) is 44.5 Å². The van der Waals surface area contributed by atoms with Crippen molar-refractivity contribution in [2.24, 2.45) is 0 Å². The number of aryl methyl sites for hydroxylation is 1. The predicted molar refractivity (Wildman–Crippen MR) is 80.9 cm³/mol. The van der Waals surface area contributed by atoms with E-state index in [9.17, 15) is 0 Å². The van der Waals surface area contributed by atoms with Crippen LogP contribution in [0.15, 0.2) is 0 Å². The summed E-state index contributed by atoms with van der Waals surface area (Å²) in [5.74, 6) is 2.88. The van der Waals surface area contributed by atoms with Crippen LogP contribution in [0.3, 0.4) is 0 Å². The van der Waals surface area contributed by atoms with Crippen LogP contribution in [-0.2, 0) is 13.0 Å². The fourth-order valence-electron chi connectivity index (χ4n) is 3.83. The van der Waals surface area contributed by atoms with E-state index < -0.39 is 0 Å². The number of fused-ring (bicyclic) bond motifs is 1. The molecule has 112 valence electrons. The minimum atomic E-state index is 0.581. The van der Waals surface area contributed by atoms with Crippen LogP contribution in [0.2, 0.25) is 0 Å². The summed E-state index contributed by atoms with van der Waals surface area (Å²) in [7, 11) is 0. The van der Waals surface area contributed by atoms with E-state index in [-0.39, 0.29) is 0 Å². The molecule has 0 bridgehead atoms. The predicted octanol–water partition coefficient (Wildman–Crippen LogP) is 2.98. The van der Waals surface area contributed by atoms with Crippen LogP contribution in [-0.4, -0.2) is 38.3 Å². The van der Waals surface area contributed by atoms with Crippen molar-refractivity contribution in [2.45, 2.75) is 83.8 Å². The van der Waals surface area contributed by atoms with Gasteiger partial charge in [-0.25, -0.2) is 9.67 Å². The fourth-order valence-corrected chi connectivity index (χ4v) is 3.83. The second-order valence-electron chi connectivity index (χ2n) is 6.84. The Morgan fingerprint density at radius 3 is 2.75 bits per heavy atom. The lowest BCUT2D eigenvalue weighted by Crippen LogP contribution is -2.45. The summed E-state index contributed by atoms with van der Waals surface area (Å²) in [5.41, 5.74) is 0. The Morgan fingerprint density at radius 2 is 2.00 bits per heavy atom. The first-order valence-corrected chi connectivity index (χ1v) is 8.34. The summed E-state index contributed by atoms with van der Waals surface area (Å²) in [6, 6.07) is 1.28. The maximum absolute atomic E-state index is 4.84. The molecule has 20 heavy (non-hydrogen) atoms. The zero-order chi connectivity index (χ0) is 14.1. The standard InChI is InChI=1S/C16H28N4/c1-12(2)19-9-5-4-8-14(19)11-15-17-16-13(3)7-6-10-20(16)18-15/h12-14H,4-11H2,1-3H3. The van der Waals surface area contributed by atoms with Crippen molar-refractivity contribution in [1.29, 1.82) is 0 Å². The highest BCUT2D eigenvalue weighted by atomic mass is 15.4. The molecule has 1 aromatic rings. The summed E-state index contributed by atoms with van der Waals surface area (Å²) in [6.45, 7) is 9.21. The molecule has 0 spiro atoms. The maximum atomic E-state index is 4.84. The molecule has 2 atom stereocenters. The summed E-state index contributed by atoms with van der Waals surface area (Å²) >= 11 is 0. The average molecular weight is 276 g/mol. The third-order valence-corrected chi connectivity index (χ3v) is 4.95. The number of aromatic nitrogens is 3. The lowest BCUT2D eigenvalue weighted by atomic mass is 9.97. The van der Waals surface area contributed by atoms with E-state index in [4.69, 9.17) is 10.1 Å². The van der Waals surface area contributed by atoms with E-state index in [1.54, 1.807) is 0 Å². The van der Waals surface area contributed by atoms with Crippen LogP contribution in [0.4, 0.5) is 0 Å². The second kappa shape index (κ2) is 5.84. The topological polar surface area (TPSA) is 34.0 Å². The number of piperidine rings is 1. The van der Waals surface area contributed by atoms with E-state index in [2.05, 4.69) is 30.4 Å². The summed E-state index contributed by atoms with van der Waals surface area (Å²) in [6.07, 6.45) is 7.55. The molecule has 0 radical (unpaired) electrons. The molecule has 1 saturated heterocycles. The molecule has 3 heterocycles. The lowest BCUT2D eigenvalue weighted by Gasteiger charge is -2.38. The smallest absolute Gasteiger partial charge is 0.152 e. The molecule has 2 aliphatic heterocycles. The summed E-state index contributed by atoms with van der Waals surface area (Å²) in [5, 5.41) is 4.77. The largest absolute Gasteiger partial charge is 0.298 e. The van der Waals surface area contributed by atoms with Crippen molar-refractivity contribution in [3.8, 4) is 0 Å². The highest BCUT2D eigenvalue weighted by Crippen LogP contribution is 2.26. The van der Waals surface area contributed by atoms with Gasteiger partial charge in [0.05, 0.1) is 0 Å². The maximum Gasteiger partial charge on any atom is 0.152 e. The van der Waals surface area contributed by atoms with Gasteiger partial charge >= 0.3 is 0 Å². The number of rotatable bonds is 3. The Kier molecular flexibility index (Phi) is 4.11. The molecule has 2 aliphatic rings. The van der Waals surface area contributed by atoms with Crippen molar-refractivity contribution in [3.63, 3.8) is 0 Å². The first-order chi connectivity index (χ1) is 9.65. The van der Waals surface area contributed by atoms with Gasteiger partial charge in [-0.05, 0) is 46.1 Å². The van der Waals surface area contributed by atoms with E-state index >= 15 is 0 Å². The Labute approximate surface area is 122 Å². The molecule has 0 aliphatic carbocycles. The fraction of sp³-hybridized carbons (Fsp3) is 0.875. The molecule has 1 aromatic heterocycles. The number of hydrogen-bond acceptors (Lipinski definition) is 3. The van der Waals surface area contributed by atoms with E-state index in [0.29, 0.717) is 18.0 Å². The van der Waals surface area contributed by atoms with Gasteiger partial charge in [0.1, 0.15) is 5.82 Å². The van der Waals surface area contributed by atoms with Gasteiger partial charge in [0.25, 0.3) is 0 Å². The Bertz CT molecular complexity index is 451. The van der Waals surface area contributed by atoms with Crippen LogP contribution in [0.5, 0.6) is 0 Å². The van der Waals surface area contributed by atoms with Gasteiger partial charge in [-0.15, -0.1) is 0 Å². The normalized spacial score (nSPS) is 27.8. The summed E-state index contributed by atoms with van der Waals surface area (Å²) < 4.78 is 2.16. The van der Waals surface area contributed by atoms with Crippen LogP contribution in [0.25, 0.3) is 0 Å². The zero-order valence-corrected chi connectivity index (χ0v) is 13.2. The minimum Gasteiger partial charge on any atom is -0.298 e. The third-order valence-electron chi connectivity index (χ3n) is 4.95. The number of hydrogen-bond donors (Lipinski definition) is 0. The Balaban J connectivity index is 1.73. The SMILES string of the molecule is CC1CCCn2nc(CC3CCCCN3C(C)C)nc21. The van der Waals surface area contributed by atoms with Gasteiger partial charge < -0.3 is 0 Å². The first-order valence-electron chi connectivity index (χ1n) is 8.34. The van der Waals surface area contributed by atoms with Crippen molar-refractivity contribution in [3.05, 3.63) is 11.6 Å². The Morgan fingerprint density at radius 1 is 1.15 bits per heavy atom. The number of nitrogens with zero attached hydrogens (tertiary/aromatic N) is 4. The zero-order valence-electron chi connectivity index (χ0n) is 13.2. The highest BCUT2D eigenvalue weighted by molar-refractivity contribution is 5.03. The van der Waals surface area contributed by atoms with Crippen LogP contribution >= 0.6 is 0 Å². The lowest BCUT2D eigenvalue weighted by molar-refractivity contribution is 0.110. The first kappa shape index (κ1) is 14.1.